The summed E-state index contributed by atoms with van der Waals surface area (Å²) in [6, 6.07) is 0. The number of hydrogen-bond acceptors (Lipinski definition) is 3. The lowest BCUT2D eigenvalue weighted by molar-refractivity contribution is -0.138. The molecule has 14 heavy (non-hydrogen) atoms. The summed E-state index contributed by atoms with van der Waals surface area (Å²) in [6.07, 6.45) is -3.62. The lowest BCUT2D eigenvalue weighted by atomic mass is 10.1. The van der Waals surface area contributed by atoms with E-state index in [2.05, 4.69) is 10.7 Å². The molecule has 0 spiro atoms. The van der Waals surface area contributed by atoms with E-state index in [0.29, 0.717) is 6.20 Å². The van der Waals surface area contributed by atoms with Gasteiger partial charge < -0.3 is 10.8 Å². The molecule has 0 fully saturated rings. The zero-order valence-corrected chi connectivity index (χ0v) is 6.67. The van der Waals surface area contributed by atoms with Crippen molar-refractivity contribution in [2.75, 3.05) is 0 Å². The third-order valence-electron chi connectivity index (χ3n) is 1.48. The molecule has 3 N–H and O–H groups in total. The zero-order chi connectivity index (χ0) is 10.9. The average Bonchev–Trinajstić information content (AvgIpc) is 2.01. The van der Waals surface area contributed by atoms with E-state index in [9.17, 15) is 18.0 Å². The molecule has 7 heteroatoms. The molecular formula is C7H5F3N2O2. The van der Waals surface area contributed by atoms with Crippen LogP contribution in [0.4, 0.5) is 13.2 Å². The van der Waals surface area contributed by atoms with Crippen LogP contribution in [0.25, 0.3) is 0 Å². The van der Waals surface area contributed by atoms with Crippen molar-refractivity contribution in [1.29, 1.82) is 0 Å². The highest BCUT2D eigenvalue weighted by atomic mass is 19.4. The van der Waals surface area contributed by atoms with Gasteiger partial charge in [-0.25, -0.2) is 0 Å². The number of hydrogen-bond donors (Lipinski definition) is 2. The smallest absolute Gasteiger partial charge is 0.418 e. The first-order valence-corrected chi connectivity index (χ1v) is 3.38. The molecule has 0 bridgehead atoms. The number of halogens is 3. The molecule has 0 aliphatic heterocycles. The largest absolute Gasteiger partial charge is 0.505 e. The summed E-state index contributed by atoms with van der Waals surface area (Å²) >= 11 is 0. The SMILES string of the molecule is NC(=O)c1c(O)cncc1C(F)(F)F. The summed E-state index contributed by atoms with van der Waals surface area (Å²) in [5.74, 6) is -2.23. The Kier molecular flexibility index (Phi) is 2.33. The van der Waals surface area contributed by atoms with Gasteiger partial charge in [-0.05, 0) is 0 Å². The first-order chi connectivity index (χ1) is 6.34. The molecular weight excluding hydrogens is 201 g/mol. The van der Waals surface area contributed by atoms with Gasteiger partial charge in [0.15, 0.2) is 0 Å². The van der Waals surface area contributed by atoms with Crippen molar-refractivity contribution in [2.45, 2.75) is 6.18 Å². The van der Waals surface area contributed by atoms with E-state index in [0.717, 1.165) is 6.20 Å². The molecule has 1 amide bonds. The highest BCUT2D eigenvalue weighted by molar-refractivity contribution is 5.97. The number of amides is 1. The lowest BCUT2D eigenvalue weighted by Crippen LogP contribution is -2.19. The number of pyridine rings is 1. The van der Waals surface area contributed by atoms with Gasteiger partial charge in [0.25, 0.3) is 5.91 Å². The van der Waals surface area contributed by atoms with Gasteiger partial charge in [-0.2, -0.15) is 13.2 Å². The van der Waals surface area contributed by atoms with Gasteiger partial charge in [0, 0.05) is 6.20 Å². The normalized spacial score (nSPS) is 11.4. The van der Waals surface area contributed by atoms with Crippen LogP contribution in [0, 0.1) is 0 Å². The standard InChI is InChI=1S/C7H5F3N2O2/c8-7(9,10)3-1-12-2-4(13)5(3)6(11)14/h1-2,13H,(H2,11,14). The van der Waals surface area contributed by atoms with E-state index >= 15 is 0 Å². The Morgan fingerprint density at radius 3 is 2.36 bits per heavy atom. The number of carbonyl (C=O) groups excluding carboxylic acids is 1. The van der Waals surface area contributed by atoms with Crippen LogP contribution in [-0.4, -0.2) is 16.0 Å². The number of rotatable bonds is 1. The third kappa shape index (κ3) is 1.76. The molecule has 0 saturated carbocycles. The van der Waals surface area contributed by atoms with E-state index in [1.807, 2.05) is 0 Å². The first-order valence-electron chi connectivity index (χ1n) is 3.38. The number of primary amides is 1. The predicted octanol–water partition coefficient (Wildman–Crippen LogP) is 0.905. The molecule has 1 heterocycles. The molecule has 0 aromatic carbocycles. The summed E-state index contributed by atoms with van der Waals surface area (Å²) in [5.41, 5.74) is 2.38. The van der Waals surface area contributed by atoms with E-state index in [4.69, 9.17) is 5.11 Å². The molecule has 1 rings (SSSR count). The van der Waals surface area contributed by atoms with Crippen molar-refractivity contribution >= 4 is 5.91 Å². The Morgan fingerprint density at radius 2 is 2.00 bits per heavy atom. The van der Waals surface area contributed by atoms with Crippen molar-refractivity contribution in [3.63, 3.8) is 0 Å². The summed E-state index contributed by atoms with van der Waals surface area (Å²) in [6.45, 7) is 0. The predicted molar refractivity (Wildman–Crippen MR) is 39.4 cm³/mol. The molecule has 76 valence electrons. The monoisotopic (exact) mass is 206 g/mol. The van der Waals surface area contributed by atoms with Gasteiger partial charge in [0.1, 0.15) is 5.75 Å². The van der Waals surface area contributed by atoms with Crippen LogP contribution in [-0.2, 0) is 6.18 Å². The summed E-state index contributed by atoms with van der Waals surface area (Å²) in [7, 11) is 0. The number of aromatic nitrogens is 1. The minimum atomic E-state index is -4.77. The number of aromatic hydroxyl groups is 1. The van der Waals surface area contributed by atoms with Crippen LogP contribution in [0.1, 0.15) is 15.9 Å². The van der Waals surface area contributed by atoms with E-state index in [1.54, 1.807) is 0 Å². The Morgan fingerprint density at radius 1 is 1.43 bits per heavy atom. The van der Waals surface area contributed by atoms with Gasteiger partial charge in [0.2, 0.25) is 0 Å². The summed E-state index contributed by atoms with van der Waals surface area (Å²) in [5, 5.41) is 8.96. The highest BCUT2D eigenvalue weighted by Gasteiger charge is 2.36. The first kappa shape index (κ1) is 10.3. The van der Waals surface area contributed by atoms with Crippen LogP contribution in [0.3, 0.4) is 0 Å². The van der Waals surface area contributed by atoms with Crippen molar-refractivity contribution in [3.8, 4) is 5.75 Å². The number of nitrogens with zero attached hydrogens (tertiary/aromatic N) is 1. The van der Waals surface area contributed by atoms with Crippen LogP contribution in [0.2, 0.25) is 0 Å². The van der Waals surface area contributed by atoms with Crippen LogP contribution >= 0.6 is 0 Å². The summed E-state index contributed by atoms with van der Waals surface area (Å²) < 4.78 is 36.7. The van der Waals surface area contributed by atoms with E-state index in [1.165, 1.54) is 0 Å². The second-order valence-electron chi connectivity index (χ2n) is 2.44. The van der Waals surface area contributed by atoms with Crippen molar-refractivity contribution in [3.05, 3.63) is 23.5 Å². The zero-order valence-electron chi connectivity index (χ0n) is 6.67. The molecule has 0 unspecified atom stereocenters. The van der Waals surface area contributed by atoms with Gasteiger partial charge in [0.05, 0.1) is 17.3 Å². The minimum absolute atomic E-state index is 0.430. The van der Waals surface area contributed by atoms with Crippen LogP contribution in [0.15, 0.2) is 12.4 Å². The average molecular weight is 206 g/mol. The van der Waals surface area contributed by atoms with Gasteiger partial charge >= 0.3 is 6.18 Å². The second-order valence-corrected chi connectivity index (χ2v) is 2.44. The molecule has 0 saturated heterocycles. The van der Waals surface area contributed by atoms with Crippen molar-refractivity contribution in [1.82, 2.24) is 4.98 Å². The maximum Gasteiger partial charge on any atom is 0.418 e. The fourth-order valence-corrected chi connectivity index (χ4v) is 0.923. The molecule has 1 aromatic rings. The molecule has 0 radical (unpaired) electrons. The quantitative estimate of drug-likeness (QED) is 0.716. The molecule has 0 aliphatic carbocycles. The summed E-state index contributed by atoms with van der Waals surface area (Å²) in [4.78, 5) is 13.7. The van der Waals surface area contributed by atoms with E-state index in [-0.39, 0.29) is 0 Å². The van der Waals surface area contributed by atoms with Crippen LogP contribution < -0.4 is 5.73 Å². The van der Waals surface area contributed by atoms with Crippen LogP contribution in [0.5, 0.6) is 5.75 Å². The Balaban J connectivity index is 3.44. The number of alkyl halides is 3. The van der Waals surface area contributed by atoms with Crippen molar-refractivity contribution in [2.24, 2.45) is 5.73 Å². The minimum Gasteiger partial charge on any atom is -0.505 e. The Bertz CT molecular complexity index is 376. The molecule has 1 aromatic heterocycles. The van der Waals surface area contributed by atoms with Gasteiger partial charge in [-0.1, -0.05) is 0 Å². The Hall–Kier alpha value is -1.79. The van der Waals surface area contributed by atoms with Crippen molar-refractivity contribution < 1.29 is 23.1 Å². The number of carbonyl (C=O) groups is 1. The van der Waals surface area contributed by atoms with Gasteiger partial charge in [-0.15, -0.1) is 0 Å². The fraction of sp³-hybridized carbons (Fsp3) is 0.143. The highest BCUT2D eigenvalue weighted by Crippen LogP contribution is 2.34. The van der Waals surface area contributed by atoms with Gasteiger partial charge in [-0.3, -0.25) is 9.78 Å². The molecule has 4 nitrogen and oxygen atoms in total. The molecule has 0 atom stereocenters. The molecule has 0 aliphatic rings. The topological polar surface area (TPSA) is 76.2 Å². The number of nitrogens with two attached hydrogens (primary N) is 1. The second kappa shape index (κ2) is 3.17. The fourth-order valence-electron chi connectivity index (χ4n) is 0.923. The Labute approximate surface area is 76.2 Å². The lowest BCUT2D eigenvalue weighted by Gasteiger charge is -2.10. The maximum absolute atomic E-state index is 12.2. The maximum atomic E-state index is 12.2. The third-order valence-corrected chi connectivity index (χ3v) is 1.48. The van der Waals surface area contributed by atoms with E-state index < -0.39 is 29.0 Å².